The van der Waals surface area contributed by atoms with Crippen LogP contribution in [0.1, 0.15) is 24.8 Å². The highest BCUT2D eigenvalue weighted by atomic mass is 14.9. The lowest BCUT2D eigenvalue weighted by Gasteiger charge is -2.34. The molecule has 2 heteroatoms. The van der Waals surface area contributed by atoms with Gasteiger partial charge in [-0.1, -0.05) is 18.6 Å². The molecule has 1 aromatic carbocycles. The van der Waals surface area contributed by atoms with Gasteiger partial charge in [-0.3, -0.25) is 0 Å². The van der Waals surface area contributed by atoms with Gasteiger partial charge in [-0.05, 0) is 43.4 Å². The van der Waals surface area contributed by atoms with Crippen LogP contribution in [-0.4, -0.2) is 12.6 Å². The SMILES string of the molecule is Cc1cccc(NC(CN)C2CCC2)c1. The van der Waals surface area contributed by atoms with Crippen LogP contribution in [0, 0.1) is 12.8 Å². The summed E-state index contributed by atoms with van der Waals surface area (Å²) in [7, 11) is 0. The summed E-state index contributed by atoms with van der Waals surface area (Å²) in [5.41, 5.74) is 8.31. The molecule has 0 amide bonds. The van der Waals surface area contributed by atoms with E-state index in [1.54, 1.807) is 0 Å². The minimum Gasteiger partial charge on any atom is -0.381 e. The molecule has 1 aliphatic carbocycles. The second-order valence-electron chi connectivity index (χ2n) is 4.55. The van der Waals surface area contributed by atoms with Crippen molar-refractivity contribution in [3.63, 3.8) is 0 Å². The largest absolute Gasteiger partial charge is 0.381 e. The first kappa shape index (κ1) is 10.5. The summed E-state index contributed by atoms with van der Waals surface area (Å²) >= 11 is 0. The predicted molar refractivity (Wildman–Crippen MR) is 65.0 cm³/mol. The molecule has 1 saturated carbocycles. The molecule has 0 spiro atoms. The Morgan fingerprint density at radius 2 is 2.27 bits per heavy atom. The Kier molecular flexibility index (Phi) is 3.27. The van der Waals surface area contributed by atoms with E-state index in [-0.39, 0.29) is 0 Å². The predicted octanol–water partition coefficient (Wildman–Crippen LogP) is 2.53. The Labute approximate surface area is 91.9 Å². The second-order valence-corrected chi connectivity index (χ2v) is 4.55. The third-order valence-corrected chi connectivity index (χ3v) is 3.34. The standard InChI is InChI=1S/C13H20N2/c1-10-4-2-7-12(8-10)15-13(9-14)11-5-3-6-11/h2,4,7-8,11,13,15H,3,5-6,9,14H2,1H3. The van der Waals surface area contributed by atoms with E-state index in [1.165, 1.54) is 30.5 Å². The molecule has 1 aliphatic rings. The fourth-order valence-corrected chi connectivity index (χ4v) is 2.16. The summed E-state index contributed by atoms with van der Waals surface area (Å²) in [6.45, 7) is 2.85. The highest BCUT2D eigenvalue weighted by Gasteiger charge is 2.25. The number of aryl methyl sites for hydroxylation is 1. The minimum absolute atomic E-state index is 0.459. The van der Waals surface area contributed by atoms with Gasteiger partial charge < -0.3 is 11.1 Å². The normalized spacial score (nSPS) is 18.3. The van der Waals surface area contributed by atoms with Gasteiger partial charge in [-0.2, -0.15) is 0 Å². The van der Waals surface area contributed by atoms with Crippen molar-refractivity contribution < 1.29 is 0 Å². The topological polar surface area (TPSA) is 38.0 Å². The van der Waals surface area contributed by atoms with Crippen molar-refractivity contribution in [1.82, 2.24) is 0 Å². The fraction of sp³-hybridized carbons (Fsp3) is 0.538. The molecule has 0 saturated heterocycles. The van der Waals surface area contributed by atoms with Crippen molar-refractivity contribution in [2.45, 2.75) is 32.2 Å². The van der Waals surface area contributed by atoms with Crippen LogP contribution < -0.4 is 11.1 Å². The maximum absolute atomic E-state index is 5.81. The van der Waals surface area contributed by atoms with Crippen molar-refractivity contribution >= 4 is 5.69 Å². The molecule has 1 atom stereocenters. The first-order chi connectivity index (χ1) is 7.29. The van der Waals surface area contributed by atoms with Crippen molar-refractivity contribution in [3.8, 4) is 0 Å². The smallest absolute Gasteiger partial charge is 0.0411 e. The lowest BCUT2D eigenvalue weighted by atomic mass is 9.79. The van der Waals surface area contributed by atoms with E-state index < -0.39 is 0 Å². The number of hydrogen-bond acceptors (Lipinski definition) is 2. The quantitative estimate of drug-likeness (QED) is 0.791. The summed E-state index contributed by atoms with van der Waals surface area (Å²) in [5, 5.41) is 3.55. The molecule has 1 fully saturated rings. The molecule has 2 nitrogen and oxygen atoms in total. The van der Waals surface area contributed by atoms with Crippen molar-refractivity contribution in [1.29, 1.82) is 0 Å². The van der Waals surface area contributed by atoms with Crippen molar-refractivity contribution in [3.05, 3.63) is 29.8 Å². The zero-order valence-electron chi connectivity index (χ0n) is 9.37. The summed E-state index contributed by atoms with van der Waals surface area (Å²) in [6, 6.07) is 8.97. The van der Waals surface area contributed by atoms with Crippen LogP contribution in [-0.2, 0) is 0 Å². The van der Waals surface area contributed by atoms with Crippen LogP contribution in [0.15, 0.2) is 24.3 Å². The molecule has 0 aromatic heterocycles. The molecule has 3 N–H and O–H groups in total. The highest BCUT2D eigenvalue weighted by molar-refractivity contribution is 5.46. The third-order valence-electron chi connectivity index (χ3n) is 3.34. The summed E-state index contributed by atoms with van der Waals surface area (Å²) < 4.78 is 0. The molecule has 0 bridgehead atoms. The lowest BCUT2D eigenvalue weighted by Crippen LogP contribution is -2.39. The number of hydrogen-bond donors (Lipinski definition) is 2. The summed E-state index contributed by atoms with van der Waals surface area (Å²) in [6.07, 6.45) is 4.04. The molecule has 0 heterocycles. The molecule has 1 unspecified atom stereocenters. The zero-order chi connectivity index (χ0) is 10.7. The first-order valence-corrected chi connectivity index (χ1v) is 5.83. The number of benzene rings is 1. The van der Waals surface area contributed by atoms with Gasteiger partial charge in [-0.25, -0.2) is 0 Å². The number of nitrogens with one attached hydrogen (secondary N) is 1. The average molecular weight is 204 g/mol. The van der Waals surface area contributed by atoms with Crippen LogP contribution in [0.5, 0.6) is 0 Å². The monoisotopic (exact) mass is 204 g/mol. The van der Waals surface area contributed by atoms with E-state index in [1.807, 2.05) is 0 Å². The Hall–Kier alpha value is -1.02. The highest BCUT2D eigenvalue weighted by Crippen LogP contribution is 2.30. The summed E-state index contributed by atoms with van der Waals surface area (Å²) in [4.78, 5) is 0. The minimum atomic E-state index is 0.459. The van der Waals surface area contributed by atoms with Gasteiger partial charge in [0.25, 0.3) is 0 Å². The first-order valence-electron chi connectivity index (χ1n) is 5.83. The Morgan fingerprint density at radius 1 is 1.47 bits per heavy atom. The zero-order valence-corrected chi connectivity index (χ0v) is 9.37. The van der Waals surface area contributed by atoms with Gasteiger partial charge in [0.1, 0.15) is 0 Å². The molecule has 82 valence electrons. The van der Waals surface area contributed by atoms with E-state index in [2.05, 4.69) is 36.5 Å². The Bertz CT molecular complexity index is 318. The summed E-state index contributed by atoms with van der Waals surface area (Å²) in [5.74, 6) is 0.788. The van der Waals surface area contributed by atoms with Crippen LogP contribution in [0.25, 0.3) is 0 Å². The van der Waals surface area contributed by atoms with E-state index in [9.17, 15) is 0 Å². The van der Waals surface area contributed by atoms with E-state index in [0.717, 1.165) is 12.5 Å². The fourth-order valence-electron chi connectivity index (χ4n) is 2.16. The lowest BCUT2D eigenvalue weighted by molar-refractivity contribution is 0.277. The maximum Gasteiger partial charge on any atom is 0.0411 e. The van der Waals surface area contributed by atoms with Crippen molar-refractivity contribution in [2.75, 3.05) is 11.9 Å². The van der Waals surface area contributed by atoms with Gasteiger partial charge >= 0.3 is 0 Å². The molecular formula is C13H20N2. The molecule has 0 radical (unpaired) electrons. The Morgan fingerprint density at radius 3 is 2.80 bits per heavy atom. The molecule has 15 heavy (non-hydrogen) atoms. The Balaban J connectivity index is 1.99. The van der Waals surface area contributed by atoms with E-state index in [4.69, 9.17) is 5.73 Å². The van der Waals surface area contributed by atoms with Crippen LogP contribution in [0.3, 0.4) is 0 Å². The van der Waals surface area contributed by atoms with Gasteiger partial charge in [0.2, 0.25) is 0 Å². The molecule has 0 aliphatic heterocycles. The van der Waals surface area contributed by atoms with E-state index in [0.29, 0.717) is 6.04 Å². The van der Waals surface area contributed by atoms with E-state index >= 15 is 0 Å². The number of anilines is 1. The second kappa shape index (κ2) is 4.67. The average Bonchev–Trinajstić information content (AvgIpc) is 2.14. The van der Waals surface area contributed by atoms with Crippen LogP contribution in [0.2, 0.25) is 0 Å². The maximum atomic E-state index is 5.81. The molecular weight excluding hydrogens is 184 g/mol. The van der Waals surface area contributed by atoms with Crippen LogP contribution >= 0.6 is 0 Å². The van der Waals surface area contributed by atoms with Gasteiger partial charge in [0, 0.05) is 18.3 Å². The number of rotatable bonds is 4. The third kappa shape index (κ3) is 2.51. The van der Waals surface area contributed by atoms with Crippen LogP contribution in [0.4, 0.5) is 5.69 Å². The number of nitrogens with two attached hydrogens (primary N) is 1. The molecule has 2 rings (SSSR count). The van der Waals surface area contributed by atoms with Gasteiger partial charge in [0.05, 0.1) is 0 Å². The van der Waals surface area contributed by atoms with Gasteiger partial charge in [0.15, 0.2) is 0 Å². The molecule has 1 aromatic rings. The van der Waals surface area contributed by atoms with Crippen molar-refractivity contribution in [2.24, 2.45) is 11.7 Å². The van der Waals surface area contributed by atoms with Gasteiger partial charge in [-0.15, -0.1) is 0 Å².